The summed E-state index contributed by atoms with van der Waals surface area (Å²) in [5.74, 6) is 1.20. The lowest BCUT2D eigenvalue weighted by molar-refractivity contribution is 0.0927. The average molecular weight is 309 g/mol. The summed E-state index contributed by atoms with van der Waals surface area (Å²) in [7, 11) is 0. The summed E-state index contributed by atoms with van der Waals surface area (Å²) in [5, 5.41) is 3.20. The summed E-state index contributed by atoms with van der Waals surface area (Å²) in [6.07, 6.45) is 8.75. The van der Waals surface area contributed by atoms with Crippen LogP contribution in [-0.4, -0.2) is 21.5 Å². The molecule has 4 rings (SSSR count). The smallest absolute Gasteiger partial charge is 0.251 e. The summed E-state index contributed by atoms with van der Waals surface area (Å²) in [5.41, 5.74) is 4.64. The topological polar surface area (TPSA) is 46.9 Å². The number of imidazole rings is 1. The molecule has 1 N–H and O–H groups in total. The quantitative estimate of drug-likeness (QED) is 0.927. The zero-order valence-electron chi connectivity index (χ0n) is 13.6. The molecule has 0 unspecified atom stereocenters. The minimum absolute atomic E-state index is 0.0589. The Bertz CT molecular complexity index is 747. The van der Waals surface area contributed by atoms with E-state index in [0.29, 0.717) is 0 Å². The number of aryl methyl sites for hydroxylation is 4. The zero-order chi connectivity index (χ0) is 15.8. The van der Waals surface area contributed by atoms with Crippen LogP contribution < -0.4 is 5.32 Å². The van der Waals surface area contributed by atoms with Crippen LogP contribution >= 0.6 is 0 Å². The molecule has 23 heavy (non-hydrogen) atoms. The highest BCUT2D eigenvalue weighted by atomic mass is 16.1. The van der Waals surface area contributed by atoms with Gasteiger partial charge in [-0.1, -0.05) is 6.07 Å². The van der Waals surface area contributed by atoms with Gasteiger partial charge < -0.3 is 9.88 Å². The number of carbonyl (C=O) groups excluding carboxylic acids is 1. The number of nitrogens with one attached hydrogen (secondary N) is 1. The Kier molecular flexibility index (Phi) is 3.68. The first kappa shape index (κ1) is 14.5. The minimum atomic E-state index is 0.0589. The fourth-order valence-corrected chi connectivity index (χ4v) is 3.85. The number of rotatable bonds is 2. The molecule has 2 heterocycles. The molecule has 0 saturated heterocycles. The van der Waals surface area contributed by atoms with Crippen molar-refractivity contribution in [2.75, 3.05) is 0 Å². The Labute approximate surface area is 136 Å². The van der Waals surface area contributed by atoms with Crippen LogP contribution in [0.4, 0.5) is 0 Å². The number of hydrogen-bond donors (Lipinski definition) is 1. The Morgan fingerprint density at radius 3 is 2.91 bits per heavy atom. The van der Waals surface area contributed by atoms with E-state index in [1.807, 2.05) is 13.0 Å². The summed E-state index contributed by atoms with van der Waals surface area (Å²) in [4.78, 5) is 17.1. The van der Waals surface area contributed by atoms with Crippen LogP contribution in [-0.2, 0) is 25.8 Å². The SMILES string of the molecule is Cc1cn2c(n1)CC[C@H](NC(=O)c1ccc3c(c1)CCCC3)C2. The molecule has 4 heteroatoms. The minimum Gasteiger partial charge on any atom is -0.347 e. The molecule has 2 aromatic rings. The molecule has 1 aromatic carbocycles. The number of aromatic nitrogens is 2. The molecule has 1 amide bonds. The molecular weight excluding hydrogens is 286 g/mol. The van der Waals surface area contributed by atoms with Crippen molar-refractivity contribution in [3.05, 3.63) is 52.6 Å². The van der Waals surface area contributed by atoms with E-state index in [1.165, 1.54) is 24.0 Å². The first-order valence-corrected chi connectivity index (χ1v) is 8.64. The van der Waals surface area contributed by atoms with Crippen LogP contribution in [0, 0.1) is 6.92 Å². The van der Waals surface area contributed by atoms with Crippen LogP contribution in [0.2, 0.25) is 0 Å². The van der Waals surface area contributed by atoms with Crippen molar-refractivity contribution < 1.29 is 4.79 Å². The number of fused-ring (bicyclic) bond motifs is 2. The summed E-state index contributed by atoms with van der Waals surface area (Å²) in [6.45, 7) is 2.85. The lowest BCUT2D eigenvalue weighted by atomic mass is 9.90. The lowest BCUT2D eigenvalue weighted by Gasteiger charge is -2.25. The first-order valence-electron chi connectivity index (χ1n) is 8.64. The van der Waals surface area contributed by atoms with Crippen LogP contribution in [0.3, 0.4) is 0 Å². The molecule has 4 nitrogen and oxygen atoms in total. The normalized spacial score (nSPS) is 19.8. The average Bonchev–Trinajstić information content (AvgIpc) is 2.93. The van der Waals surface area contributed by atoms with Crippen molar-refractivity contribution >= 4 is 5.91 Å². The van der Waals surface area contributed by atoms with Crippen molar-refractivity contribution in [2.24, 2.45) is 0 Å². The van der Waals surface area contributed by atoms with E-state index in [9.17, 15) is 4.79 Å². The number of hydrogen-bond acceptors (Lipinski definition) is 2. The van der Waals surface area contributed by atoms with Gasteiger partial charge in [-0.05, 0) is 62.3 Å². The molecule has 1 aromatic heterocycles. The Morgan fingerprint density at radius 1 is 1.22 bits per heavy atom. The van der Waals surface area contributed by atoms with Crippen molar-refractivity contribution in [1.29, 1.82) is 0 Å². The number of nitrogens with zero attached hydrogens (tertiary/aromatic N) is 2. The molecule has 0 bridgehead atoms. The van der Waals surface area contributed by atoms with Gasteiger partial charge in [-0.3, -0.25) is 4.79 Å². The molecule has 1 aliphatic heterocycles. The maximum Gasteiger partial charge on any atom is 0.251 e. The van der Waals surface area contributed by atoms with E-state index in [1.54, 1.807) is 0 Å². The molecule has 2 aliphatic rings. The maximum atomic E-state index is 12.6. The molecule has 0 saturated carbocycles. The van der Waals surface area contributed by atoms with E-state index in [2.05, 4.69) is 33.2 Å². The molecule has 0 fully saturated rings. The largest absolute Gasteiger partial charge is 0.347 e. The van der Waals surface area contributed by atoms with E-state index >= 15 is 0 Å². The predicted molar refractivity (Wildman–Crippen MR) is 89.6 cm³/mol. The van der Waals surface area contributed by atoms with Gasteiger partial charge in [0.1, 0.15) is 5.82 Å². The first-order chi connectivity index (χ1) is 11.2. The lowest BCUT2D eigenvalue weighted by Crippen LogP contribution is -2.40. The molecular formula is C19H23N3O. The van der Waals surface area contributed by atoms with Crippen molar-refractivity contribution in [3.63, 3.8) is 0 Å². The molecule has 0 radical (unpaired) electrons. The zero-order valence-corrected chi connectivity index (χ0v) is 13.6. The van der Waals surface area contributed by atoms with Gasteiger partial charge in [-0.2, -0.15) is 0 Å². The highest BCUT2D eigenvalue weighted by Crippen LogP contribution is 2.22. The second-order valence-electron chi connectivity index (χ2n) is 6.85. The van der Waals surface area contributed by atoms with Gasteiger partial charge in [0, 0.05) is 30.8 Å². The van der Waals surface area contributed by atoms with Gasteiger partial charge in [0.05, 0.1) is 5.69 Å². The van der Waals surface area contributed by atoms with E-state index in [4.69, 9.17) is 0 Å². The number of benzene rings is 1. The van der Waals surface area contributed by atoms with Crippen LogP contribution in [0.1, 0.15) is 52.3 Å². The highest BCUT2D eigenvalue weighted by molar-refractivity contribution is 5.94. The van der Waals surface area contributed by atoms with E-state index in [0.717, 1.165) is 49.3 Å². The summed E-state index contributed by atoms with van der Waals surface area (Å²) < 4.78 is 2.18. The maximum absolute atomic E-state index is 12.6. The van der Waals surface area contributed by atoms with Gasteiger partial charge in [0.15, 0.2) is 0 Å². The van der Waals surface area contributed by atoms with Crippen molar-refractivity contribution in [2.45, 2.75) is 58.0 Å². The summed E-state index contributed by atoms with van der Waals surface area (Å²) in [6, 6.07) is 6.41. The second-order valence-corrected chi connectivity index (χ2v) is 6.85. The van der Waals surface area contributed by atoms with Crippen LogP contribution in [0.25, 0.3) is 0 Å². The predicted octanol–water partition coefficient (Wildman–Crippen LogP) is 2.82. The van der Waals surface area contributed by atoms with Gasteiger partial charge in [0.25, 0.3) is 5.91 Å². The van der Waals surface area contributed by atoms with Crippen molar-refractivity contribution in [1.82, 2.24) is 14.9 Å². The Balaban J connectivity index is 1.46. The standard InChI is InChI=1S/C19H23N3O/c1-13-11-22-12-17(8-9-18(22)20-13)21-19(23)16-7-6-14-4-2-3-5-15(14)10-16/h6-7,10-11,17H,2-5,8-9,12H2,1H3,(H,21,23)/t17-/m0/s1. The van der Waals surface area contributed by atoms with Gasteiger partial charge in [-0.25, -0.2) is 4.98 Å². The third-order valence-corrected chi connectivity index (χ3v) is 5.06. The van der Waals surface area contributed by atoms with Gasteiger partial charge in [0.2, 0.25) is 0 Å². The molecule has 0 spiro atoms. The monoisotopic (exact) mass is 309 g/mol. The summed E-state index contributed by atoms with van der Waals surface area (Å²) >= 11 is 0. The molecule has 1 aliphatic carbocycles. The third kappa shape index (κ3) is 2.90. The fraction of sp³-hybridized carbons (Fsp3) is 0.474. The van der Waals surface area contributed by atoms with Crippen LogP contribution in [0.15, 0.2) is 24.4 Å². The second kappa shape index (κ2) is 5.84. The molecule has 120 valence electrons. The Hall–Kier alpha value is -2.10. The van der Waals surface area contributed by atoms with Gasteiger partial charge >= 0.3 is 0 Å². The highest BCUT2D eigenvalue weighted by Gasteiger charge is 2.22. The number of amides is 1. The van der Waals surface area contributed by atoms with E-state index < -0.39 is 0 Å². The van der Waals surface area contributed by atoms with E-state index in [-0.39, 0.29) is 11.9 Å². The van der Waals surface area contributed by atoms with Crippen molar-refractivity contribution in [3.8, 4) is 0 Å². The molecule has 1 atom stereocenters. The Morgan fingerprint density at radius 2 is 2.04 bits per heavy atom. The van der Waals surface area contributed by atoms with Gasteiger partial charge in [-0.15, -0.1) is 0 Å². The fourth-order valence-electron chi connectivity index (χ4n) is 3.85. The third-order valence-electron chi connectivity index (χ3n) is 5.06. The number of carbonyl (C=O) groups is 1. The van der Waals surface area contributed by atoms with Crippen LogP contribution in [0.5, 0.6) is 0 Å².